The number of carbonyl (C=O) groups is 1. The third-order valence-electron chi connectivity index (χ3n) is 7.93. The van der Waals surface area contributed by atoms with Crippen LogP contribution >= 0.6 is 22.6 Å². The Balaban J connectivity index is 1.08. The minimum Gasteiger partial charge on any atom is -0.494 e. The second-order valence-electron chi connectivity index (χ2n) is 10.8. The maximum atomic E-state index is 13.5. The number of amides is 1. The fourth-order valence-electron chi connectivity index (χ4n) is 5.72. The Kier molecular flexibility index (Phi) is 8.38. The molecule has 0 radical (unpaired) electrons. The van der Waals surface area contributed by atoms with Crippen molar-refractivity contribution in [3.05, 3.63) is 79.4 Å². The monoisotopic (exact) mass is 692 g/mol. The van der Waals surface area contributed by atoms with Crippen LogP contribution in [0.4, 0.5) is 5.69 Å². The predicted molar refractivity (Wildman–Crippen MR) is 175 cm³/mol. The van der Waals surface area contributed by atoms with E-state index in [-0.39, 0.29) is 17.5 Å². The molecule has 0 unspecified atom stereocenters. The van der Waals surface area contributed by atoms with Crippen LogP contribution < -0.4 is 19.8 Å². The molecule has 43 heavy (non-hydrogen) atoms. The van der Waals surface area contributed by atoms with Gasteiger partial charge in [0.25, 0.3) is 11.5 Å². The SMILES string of the molecule is COc1cc2c(cc1OCCCCOc1ccc3nc(C)n(-c4ccc(I)cc4C)c(=O)c3c1)N=C[C@@H]1CCCN1C2=O. The van der Waals surface area contributed by atoms with E-state index in [9.17, 15) is 9.59 Å². The van der Waals surface area contributed by atoms with E-state index in [1.54, 1.807) is 29.9 Å². The minimum absolute atomic E-state index is 0.0134. The summed E-state index contributed by atoms with van der Waals surface area (Å²) >= 11 is 2.27. The number of fused-ring (bicyclic) bond motifs is 3. The Hall–Kier alpha value is -3.93. The summed E-state index contributed by atoms with van der Waals surface area (Å²) in [5, 5.41) is 0.515. The van der Waals surface area contributed by atoms with Crippen molar-refractivity contribution in [2.24, 2.45) is 4.99 Å². The van der Waals surface area contributed by atoms with Crippen LogP contribution in [0.2, 0.25) is 0 Å². The molecule has 10 heteroatoms. The average Bonchev–Trinajstić information content (AvgIpc) is 3.43. The second-order valence-corrected chi connectivity index (χ2v) is 12.1. The van der Waals surface area contributed by atoms with Gasteiger partial charge in [-0.1, -0.05) is 0 Å². The van der Waals surface area contributed by atoms with Gasteiger partial charge >= 0.3 is 0 Å². The Morgan fingerprint density at radius 3 is 2.58 bits per heavy atom. The molecule has 1 fully saturated rings. The van der Waals surface area contributed by atoms with Gasteiger partial charge in [0.2, 0.25) is 0 Å². The summed E-state index contributed by atoms with van der Waals surface area (Å²) in [7, 11) is 1.57. The van der Waals surface area contributed by atoms with Crippen molar-refractivity contribution >= 4 is 51.3 Å². The highest BCUT2D eigenvalue weighted by molar-refractivity contribution is 14.1. The number of halogens is 1. The first-order chi connectivity index (χ1) is 20.8. The van der Waals surface area contributed by atoms with Gasteiger partial charge in [-0.05, 0) is 110 Å². The van der Waals surface area contributed by atoms with Crippen molar-refractivity contribution < 1.29 is 19.0 Å². The zero-order valence-electron chi connectivity index (χ0n) is 24.4. The first-order valence-electron chi connectivity index (χ1n) is 14.5. The fraction of sp³-hybridized carbons (Fsp3) is 0.333. The zero-order valence-corrected chi connectivity index (χ0v) is 26.6. The van der Waals surface area contributed by atoms with Gasteiger partial charge in [-0.2, -0.15) is 0 Å². The lowest BCUT2D eigenvalue weighted by atomic mass is 10.1. The van der Waals surface area contributed by atoms with Gasteiger partial charge < -0.3 is 19.1 Å². The van der Waals surface area contributed by atoms with E-state index in [1.165, 1.54) is 0 Å². The highest BCUT2D eigenvalue weighted by Crippen LogP contribution is 2.38. The molecule has 0 spiro atoms. The molecule has 1 atom stereocenters. The first-order valence-corrected chi connectivity index (χ1v) is 15.5. The summed E-state index contributed by atoms with van der Waals surface area (Å²) < 4.78 is 20.4. The van der Waals surface area contributed by atoms with Gasteiger partial charge in [0, 0.05) is 22.4 Å². The third kappa shape index (κ3) is 5.84. The number of unbranched alkanes of at least 4 members (excludes halogenated alkanes) is 1. The smallest absolute Gasteiger partial charge is 0.266 e. The lowest BCUT2D eigenvalue weighted by Gasteiger charge is -2.20. The summed E-state index contributed by atoms with van der Waals surface area (Å²) in [5.74, 6) is 2.33. The summed E-state index contributed by atoms with van der Waals surface area (Å²) in [5.41, 5.74) is 3.51. The second kappa shape index (κ2) is 12.4. The maximum absolute atomic E-state index is 13.5. The van der Waals surface area contributed by atoms with E-state index in [2.05, 4.69) is 38.6 Å². The Morgan fingerprint density at radius 1 is 0.977 bits per heavy atom. The van der Waals surface area contributed by atoms with E-state index in [1.807, 2.05) is 49.2 Å². The molecule has 2 aliphatic heterocycles. The van der Waals surface area contributed by atoms with Gasteiger partial charge in [-0.25, -0.2) is 4.98 Å². The van der Waals surface area contributed by atoms with Crippen molar-refractivity contribution in [3.8, 4) is 22.9 Å². The molecule has 0 aliphatic carbocycles. The highest BCUT2D eigenvalue weighted by atomic mass is 127. The largest absolute Gasteiger partial charge is 0.494 e. The van der Waals surface area contributed by atoms with Crippen LogP contribution in [0.1, 0.15) is 47.4 Å². The highest BCUT2D eigenvalue weighted by Gasteiger charge is 2.32. The van der Waals surface area contributed by atoms with Gasteiger partial charge in [0.05, 0.1) is 54.2 Å². The minimum atomic E-state index is -0.119. The Morgan fingerprint density at radius 2 is 1.79 bits per heavy atom. The summed E-state index contributed by atoms with van der Waals surface area (Å²) in [6.45, 7) is 5.51. The predicted octanol–water partition coefficient (Wildman–Crippen LogP) is 6.17. The number of aryl methyl sites for hydroxylation is 2. The van der Waals surface area contributed by atoms with Crippen LogP contribution in [-0.2, 0) is 0 Å². The van der Waals surface area contributed by atoms with Gasteiger partial charge in [-0.3, -0.25) is 19.1 Å². The van der Waals surface area contributed by atoms with E-state index in [0.29, 0.717) is 58.4 Å². The molecule has 9 nitrogen and oxygen atoms in total. The van der Waals surface area contributed by atoms with Crippen LogP contribution in [0.5, 0.6) is 17.2 Å². The number of hydrogen-bond donors (Lipinski definition) is 0. The molecule has 3 aromatic carbocycles. The van der Waals surface area contributed by atoms with E-state index in [0.717, 1.165) is 47.0 Å². The molecule has 1 amide bonds. The summed E-state index contributed by atoms with van der Waals surface area (Å²) in [4.78, 5) is 37.8. The van der Waals surface area contributed by atoms with E-state index in [4.69, 9.17) is 14.2 Å². The lowest BCUT2D eigenvalue weighted by molar-refractivity contribution is 0.0774. The molecule has 222 valence electrons. The molecule has 0 bridgehead atoms. The van der Waals surface area contributed by atoms with Crippen molar-refractivity contribution in [1.29, 1.82) is 0 Å². The van der Waals surface area contributed by atoms with Crippen molar-refractivity contribution in [2.75, 3.05) is 26.9 Å². The summed E-state index contributed by atoms with van der Waals surface area (Å²) in [6.07, 6.45) is 5.28. The number of carbonyl (C=O) groups excluding carboxylic acids is 1. The molecule has 0 N–H and O–H groups in total. The Labute approximate surface area is 263 Å². The van der Waals surface area contributed by atoms with Crippen LogP contribution in [-0.4, -0.2) is 59.5 Å². The third-order valence-corrected chi connectivity index (χ3v) is 8.60. The first kappa shape index (κ1) is 29.2. The Bertz CT molecular complexity index is 1800. The molecule has 3 heterocycles. The average molecular weight is 693 g/mol. The topological polar surface area (TPSA) is 95.2 Å². The van der Waals surface area contributed by atoms with Crippen LogP contribution in [0.25, 0.3) is 16.6 Å². The zero-order chi connectivity index (χ0) is 30.1. The number of aliphatic imine (C=N–C) groups is 1. The van der Waals surface area contributed by atoms with Crippen LogP contribution in [0.15, 0.2) is 58.3 Å². The van der Waals surface area contributed by atoms with Crippen molar-refractivity contribution in [2.45, 2.75) is 45.6 Å². The van der Waals surface area contributed by atoms with Gasteiger partial charge in [-0.15, -0.1) is 0 Å². The molecule has 1 saturated heterocycles. The van der Waals surface area contributed by atoms with Crippen molar-refractivity contribution in [3.63, 3.8) is 0 Å². The normalized spacial score (nSPS) is 15.8. The molecular formula is C33H33IN4O5. The number of benzene rings is 3. The lowest BCUT2D eigenvalue weighted by Crippen LogP contribution is -2.35. The summed E-state index contributed by atoms with van der Waals surface area (Å²) in [6, 6.07) is 15.0. The van der Waals surface area contributed by atoms with Crippen molar-refractivity contribution in [1.82, 2.24) is 14.5 Å². The number of hydrogen-bond acceptors (Lipinski definition) is 7. The van der Waals surface area contributed by atoms with Gasteiger partial charge in [0.15, 0.2) is 11.5 Å². The molecule has 4 aromatic rings. The van der Waals surface area contributed by atoms with E-state index >= 15 is 0 Å². The van der Waals surface area contributed by atoms with Gasteiger partial charge in [0.1, 0.15) is 11.6 Å². The molecular weight excluding hydrogens is 659 g/mol. The quantitative estimate of drug-likeness (QED) is 0.154. The molecule has 2 aliphatic rings. The standard InChI is InChI=1S/C33H33IN4O5/c1-20-15-22(34)8-11-29(20)38-21(2)36-27-10-9-24(16-25(27)33(38)40)42-13-4-5-14-43-31-18-28-26(17-30(31)41-3)32(39)37-12-6-7-23(37)19-35-28/h8-11,15-19,23H,4-7,12-14H2,1-3H3/t23-/m0/s1. The number of nitrogens with zero attached hydrogens (tertiary/aromatic N) is 4. The fourth-order valence-corrected chi connectivity index (χ4v) is 6.36. The number of aromatic nitrogens is 2. The molecule has 6 rings (SSSR count). The number of rotatable bonds is 9. The number of ether oxygens (including phenoxy) is 3. The number of methoxy groups -OCH3 is 1. The molecule has 0 saturated carbocycles. The van der Waals surface area contributed by atoms with Crippen LogP contribution in [0, 0.1) is 17.4 Å². The van der Waals surface area contributed by atoms with E-state index < -0.39 is 0 Å². The maximum Gasteiger partial charge on any atom is 0.266 e. The molecule has 1 aromatic heterocycles. The van der Waals surface area contributed by atoms with Crippen LogP contribution in [0.3, 0.4) is 0 Å².